The molecule has 2 heterocycles. The fourth-order valence-electron chi connectivity index (χ4n) is 1.95. The van der Waals surface area contributed by atoms with Gasteiger partial charge in [-0.1, -0.05) is 17.4 Å². The van der Waals surface area contributed by atoms with Crippen molar-refractivity contribution in [3.63, 3.8) is 0 Å². The molecule has 0 aliphatic heterocycles. The standard InChI is InChI=1S/C13H9FN6O3S/c1-6-2-3-7(14)4-8(6)12-18-19-13(24-12)16-11(21)10-9(20(22)23)5-15-17-10/h2-5H,1H3,(H,15,17)(H,16,19,21). The largest absolute Gasteiger partial charge is 0.319 e. The molecule has 122 valence electrons. The van der Waals surface area contributed by atoms with E-state index in [-0.39, 0.29) is 10.8 Å². The van der Waals surface area contributed by atoms with Crippen LogP contribution in [0, 0.1) is 22.9 Å². The van der Waals surface area contributed by atoms with Crippen molar-refractivity contribution < 1.29 is 14.1 Å². The molecular weight excluding hydrogens is 339 g/mol. The van der Waals surface area contributed by atoms with Gasteiger partial charge in [-0.05, 0) is 24.6 Å². The van der Waals surface area contributed by atoms with E-state index in [1.54, 1.807) is 13.0 Å². The quantitative estimate of drug-likeness (QED) is 0.551. The van der Waals surface area contributed by atoms with E-state index in [1.165, 1.54) is 12.1 Å². The Hall–Kier alpha value is -3.21. The summed E-state index contributed by atoms with van der Waals surface area (Å²) in [5.41, 5.74) is 0.618. The third-order valence-corrected chi connectivity index (χ3v) is 3.99. The summed E-state index contributed by atoms with van der Waals surface area (Å²) in [6, 6.07) is 4.26. The zero-order valence-corrected chi connectivity index (χ0v) is 12.9. The smallest absolute Gasteiger partial charge is 0.295 e. The van der Waals surface area contributed by atoms with Crippen LogP contribution in [0.3, 0.4) is 0 Å². The summed E-state index contributed by atoms with van der Waals surface area (Å²) in [6.07, 6.45) is 0.941. The predicted molar refractivity (Wildman–Crippen MR) is 83.2 cm³/mol. The monoisotopic (exact) mass is 348 g/mol. The van der Waals surface area contributed by atoms with Crippen molar-refractivity contribution in [2.75, 3.05) is 5.32 Å². The number of H-pyrrole nitrogens is 1. The molecule has 9 nitrogen and oxygen atoms in total. The number of nitrogens with zero attached hydrogens (tertiary/aromatic N) is 4. The van der Waals surface area contributed by atoms with Crippen LogP contribution in [0.2, 0.25) is 0 Å². The van der Waals surface area contributed by atoms with Gasteiger partial charge in [-0.3, -0.25) is 25.3 Å². The van der Waals surface area contributed by atoms with Crippen LogP contribution in [0.4, 0.5) is 15.2 Å². The second-order valence-corrected chi connectivity index (χ2v) is 5.69. The molecule has 11 heteroatoms. The molecule has 0 aliphatic rings. The zero-order valence-electron chi connectivity index (χ0n) is 12.1. The van der Waals surface area contributed by atoms with E-state index in [2.05, 4.69) is 25.7 Å². The summed E-state index contributed by atoms with van der Waals surface area (Å²) >= 11 is 1.02. The zero-order chi connectivity index (χ0) is 17.3. The summed E-state index contributed by atoms with van der Waals surface area (Å²) < 4.78 is 13.4. The van der Waals surface area contributed by atoms with Gasteiger partial charge < -0.3 is 0 Å². The number of benzene rings is 1. The Bertz CT molecular complexity index is 937. The van der Waals surface area contributed by atoms with Gasteiger partial charge in [0.25, 0.3) is 5.91 Å². The fourth-order valence-corrected chi connectivity index (χ4v) is 2.77. The van der Waals surface area contributed by atoms with Crippen molar-refractivity contribution in [2.45, 2.75) is 6.92 Å². The van der Waals surface area contributed by atoms with Gasteiger partial charge in [-0.25, -0.2) is 4.39 Å². The van der Waals surface area contributed by atoms with Crippen LogP contribution in [0.5, 0.6) is 0 Å². The van der Waals surface area contributed by atoms with E-state index >= 15 is 0 Å². The number of amides is 1. The number of aromatic nitrogens is 4. The fraction of sp³-hybridized carbons (Fsp3) is 0.0769. The summed E-state index contributed by atoms with van der Waals surface area (Å²) in [4.78, 5) is 22.1. The lowest BCUT2D eigenvalue weighted by Crippen LogP contribution is -2.14. The summed E-state index contributed by atoms with van der Waals surface area (Å²) in [7, 11) is 0. The first-order chi connectivity index (χ1) is 11.5. The Morgan fingerprint density at radius 3 is 2.96 bits per heavy atom. The SMILES string of the molecule is Cc1ccc(F)cc1-c1nnc(NC(=O)c2[nH]ncc2[N+](=O)[O-])s1. The number of hydrogen-bond donors (Lipinski definition) is 2. The minimum atomic E-state index is -0.766. The van der Waals surface area contributed by atoms with E-state index in [9.17, 15) is 19.3 Å². The second-order valence-electron chi connectivity index (χ2n) is 4.71. The van der Waals surface area contributed by atoms with Crippen LogP contribution in [-0.2, 0) is 0 Å². The molecule has 3 rings (SSSR count). The Labute approximate surface area is 137 Å². The number of aromatic amines is 1. The third-order valence-electron chi connectivity index (χ3n) is 3.12. The first-order valence-electron chi connectivity index (χ1n) is 6.55. The summed E-state index contributed by atoms with van der Waals surface area (Å²) in [6.45, 7) is 1.79. The number of hydrogen-bond acceptors (Lipinski definition) is 7. The lowest BCUT2D eigenvalue weighted by molar-refractivity contribution is -0.385. The van der Waals surface area contributed by atoms with Crippen LogP contribution >= 0.6 is 11.3 Å². The minimum Gasteiger partial charge on any atom is -0.295 e. The van der Waals surface area contributed by atoms with Crippen molar-refractivity contribution in [1.82, 2.24) is 20.4 Å². The highest BCUT2D eigenvalue weighted by Gasteiger charge is 2.24. The molecule has 0 aliphatic carbocycles. The van der Waals surface area contributed by atoms with Crippen LogP contribution in [-0.4, -0.2) is 31.2 Å². The molecule has 3 aromatic rings. The summed E-state index contributed by atoms with van der Waals surface area (Å²) in [5.74, 6) is -1.18. The molecule has 0 fully saturated rings. The molecule has 0 atom stereocenters. The van der Waals surface area contributed by atoms with Crippen molar-refractivity contribution in [3.05, 3.63) is 51.6 Å². The molecule has 0 saturated carbocycles. The second kappa shape index (κ2) is 6.12. The van der Waals surface area contributed by atoms with Gasteiger partial charge in [0, 0.05) is 5.56 Å². The first kappa shape index (κ1) is 15.7. The molecule has 0 spiro atoms. The van der Waals surface area contributed by atoms with Crippen LogP contribution in [0.25, 0.3) is 10.6 Å². The molecular formula is C13H9FN6O3S. The Kier molecular flexibility index (Phi) is 4.00. The Morgan fingerprint density at radius 1 is 1.42 bits per heavy atom. The average Bonchev–Trinajstić information content (AvgIpc) is 3.18. The first-order valence-corrected chi connectivity index (χ1v) is 7.36. The maximum absolute atomic E-state index is 13.4. The normalized spacial score (nSPS) is 10.6. The maximum atomic E-state index is 13.4. The van der Waals surface area contributed by atoms with Crippen molar-refractivity contribution >= 4 is 28.1 Å². The molecule has 1 aromatic carbocycles. The summed E-state index contributed by atoms with van der Waals surface area (Å²) in [5, 5.41) is 27.2. The number of nitrogens with one attached hydrogen (secondary N) is 2. The highest BCUT2D eigenvalue weighted by Crippen LogP contribution is 2.29. The van der Waals surface area contributed by atoms with Crippen molar-refractivity contribution in [3.8, 4) is 10.6 Å². The topological polar surface area (TPSA) is 127 Å². The number of carbonyl (C=O) groups excluding carboxylic acids is 1. The highest BCUT2D eigenvalue weighted by molar-refractivity contribution is 7.18. The van der Waals surface area contributed by atoms with Gasteiger partial charge in [-0.2, -0.15) is 5.10 Å². The molecule has 24 heavy (non-hydrogen) atoms. The van der Waals surface area contributed by atoms with E-state index < -0.39 is 22.3 Å². The van der Waals surface area contributed by atoms with Crippen LogP contribution < -0.4 is 5.32 Å². The molecule has 0 radical (unpaired) electrons. The van der Waals surface area contributed by atoms with Gasteiger partial charge >= 0.3 is 5.69 Å². The number of rotatable bonds is 4. The third kappa shape index (κ3) is 2.96. The van der Waals surface area contributed by atoms with E-state index in [1.807, 2.05) is 0 Å². The Balaban J connectivity index is 1.84. The van der Waals surface area contributed by atoms with E-state index in [4.69, 9.17) is 0 Å². The van der Waals surface area contributed by atoms with E-state index in [0.29, 0.717) is 10.6 Å². The van der Waals surface area contributed by atoms with Crippen LogP contribution in [0.1, 0.15) is 16.1 Å². The molecule has 0 saturated heterocycles. The highest BCUT2D eigenvalue weighted by atomic mass is 32.1. The average molecular weight is 348 g/mol. The number of halogens is 1. The van der Waals surface area contributed by atoms with Gasteiger partial charge in [0.1, 0.15) is 17.0 Å². The van der Waals surface area contributed by atoms with Gasteiger partial charge in [0.15, 0.2) is 0 Å². The molecule has 2 N–H and O–H groups in total. The van der Waals surface area contributed by atoms with E-state index in [0.717, 1.165) is 23.1 Å². The van der Waals surface area contributed by atoms with Gasteiger partial charge in [-0.15, -0.1) is 10.2 Å². The minimum absolute atomic E-state index is 0.127. The molecule has 2 aromatic heterocycles. The van der Waals surface area contributed by atoms with Crippen LogP contribution in [0.15, 0.2) is 24.4 Å². The lowest BCUT2D eigenvalue weighted by Gasteiger charge is -2.00. The maximum Gasteiger partial charge on any atom is 0.319 e. The number of anilines is 1. The number of aryl methyl sites for hydroxylation is 1. The van der Waals surface area contributed by atoms with Crippen molar-refractivity contribution in [1.29, 1.82) is 0 Å². The van der Waals surface area contributed by atoms with Gasteiger partial charge in [0.2, 0.25) is 10.8 Å². The number of carbonyl (C=O) groups is 1. The van der Waals surface area contributed by atoms with Gasteiger partial charge in [0.05, 0.1) is 4.92 Å². The number of nitro groups is 1. The molecule has 0 bridgehead atoms. The molecule has 0 unspecified atom stereocenters. The lowest BCUT2D eigenvalue weighted by atomic mass is 10.1. The Morgan fingerprint density at radius 2 is 2.21 bits per heavy atom. The predicted octanol–water partition coefficient (Wildman–Crippen LogP) is 2.54. The molecule has 1 amide bonds. The van der Waals surface area contributed by atoms with Crippen molar-refractivity contribution in [2.24, 2.45) is 0 Å².